The van der Waals surface area contributed by atoms with Gasteiger partial charge >= 0.3 is 12.1 Å². The van der Waals surface area contributed by atoms with Gasteiger partial charge in [0.1, 0.15) is 11.3 Å². The van der Waals surface area contributed by atoms with Gasteiger partial charge in [0.15, 0.2) is 0 Å². The highest BCUT2D eigenvalue weighted by molar-refractivity contribution is 5.87. The first kappa shape index (κ1) is 19.0. The topological polar surface area (TPSA) is 72.0 Å². The fraction of sp³-hybridized carbons (Fsp3) is 0.611. The molecule has 7 nitrogen and oxygen atoms in total. The molecule has 0 bridgehead atoms. The van der Waals surface area contributed by atoms with Gasteiger partial charge in [0, 0.05) is 19.6 Å². The van der Waals surface area contributed by atoms with Gasteiger partial charge in [-0.15, -0.1) is 0 Å². The number of esters is 1. The zero-order valence-electron chi connectivity index (χ0n) is 15.6. The number of amides is 1. The van der Waals surface area contributed by atoms with Crippen LogP contribution in [-0.2, 0) is 9.47 Å². The molecule has 1 amide bonds. The molecule has 0 unspecified atom stereocenters. The molecule has 0 saturated carbocycles. The average Bonchev–Trinajstić information content (AvgIpc) is 2.59. The van der Waals surface area contributed by atoms with Gasteiger partial charge in [-0.1, -0.05) is 6.92 Å². The molecule has 1 aliphatic rings. The van der Waals surface area contributed by atoms with Crippen molar-refractivity contribution in [2.75, 3.05) is 31.6 Å². The van der Waals surface area contributed by atoms with E-state index >= 15 is 0 Å². The van der Waals surface area contributed by atoms with Crippen molar-refractivity contribution in [3.05, 3.63) is 24.0 Å². The van der Waals surface area contributed by atoms with E-state index < -0.39 is 11.6 Å². The highest BCUT2D eigenvalue weighted by Gasteiger charge is 2.32. The van der Waals surface area contributed by atoms with Crippen LogP contribution < -0.4 is 4.90 Å². The molecule has 1 aromatic rings. The van der Waals surface area contributed by atoms with Gasteiger partial charge < -0.3 is 19.3 Å². The average molecular weight is 349 g/mol. The molecular weight excluding hydrogens is 322 g/mol. The van der Waals surface area contributed by atoms with Crippen LogP contribution in [0.3, 0.4) is 0 Å². The maximum absolute atomic E-state index is 12.4. The first-order chi connectivity index (χ1) is 11.7. The summed E-state index contributed by atoms with van der Waals surface area (Å²) in [5.41, 5.74) is 0.709. The van der Waals surface area contributed by atoms with Crippen LogP contribution in [0.4, 0.5) is 10.5 Å². The smallest absolute Gasteiger partial charge is 0.410 e. The summed E-state index contributed by atoms with van der Waals surface area (Å²) in [5.74, 6) is -0.451. The van der Waals surface area contributed by atoms with Crippen LogP contribution in [0.1, 0.15) is 44.6 Å². The number of methoxy groups -OCH3 is 1. The number of piperazine rings is 1. The van der Waals surface area contributed by atoms with Crippen LogP contribution in [0.5, 0.6) is 0 Å². The molecule has 1 saturated heterocycles. The normalized spacial score (nSPS) is 18.0. The second kappa shape index (κ2) is 7.72. The number of hydrogen-bond acceptors (Lipinski definition) is 6. The largest absolute Gasteiger partial charge is 0.464 e. The van der Waals surface area contributed by atoms with E-state index in [2.05, 4.69) is 21.5 Å². The number of aromatic nitrogens is 1. The van der Waals surface area contributed by atoms with Crippen LogP contribution in [-0.4, -0.2) is 60.3 Å². The van der Waals surface area contributed by atoms with Crippen LogP contribution in [0.25, 0.3) is 0 Å². The van der Waals surface area contributed by atoms with Crippen molar-refractivity contribution in [2.24, 2.45) is 0 Å². The highest BCUT2D eigenvalue weighted by atomic mass is 16.6. The summed E-state index contributed by atoms with van der Waals surface area (Å²) in [7, 11) is 1.33. The number of ether oxygens (including phenoxy) is 2. The second-order valence-electron chi connectivity index (χ2n) is 7.08. The lowest BCUT2D eigenvalue weighted by molar-refractivity contribution is 0.0136. The fourth-order valence-electron chi connectivity index (χ4n) is 2.80. The number of carbonyl (C=O) groups is 2. The van der Waals surface area contributed by atoms with Gasteiger partial charge in [0.05, 0.1) is 25.0 Å². The Morgan fingerprint density at radius 3 is 2.52 bits per heavy atom. The molecule has 25 heavy (non-hydrogen) atoms. The molecule has 0 radical (unpaired) electrons. The third-order valence-electron chi connectivity index (χ3n) is 4.09. The monoisotopic (exact) mass is 349 g/mol. The van der Waals surface area contributed by atoms with Crippen LogP contribution >= 0.6 is 0 Å². The molecule has 1 atom stereocenters. The van der Waals surface area contributed by atoms with Crippen LogP contribution in [0, 0.1) is 0 Å². The SMILES string of the molecule is CC[C@H]1CN(c2ccc(C(=O)OC)nc2)CCN1C(=O)OC(C)(C)C. The van der Waals surface area contributed by atoms with E-state index in [-0.39, 0.29) is 17.8 Å². The zero-order chi connectivity index (χ0) is 18.6. The van der Waals surface area contributed by atoms with Gasteiger partial charge in [0.2, 0.25) is 0 Å². The Morgan fingerprint density at radius 2 is 2.00 bits per heavy atom. The van der Waals surface area contributed by atoms with E-state index in [0.717, 1.165) is 12.1 Å². The molecule has 2 rings (SSSR count). The Bertz CT molecular complexity index is 610. The van der Waals surface area contributed by atoms with Crippen molar-refractivity contribution in [1.29, 1.82) is 0 Å². The minimum absolute atomic E-state index is 0.0730. The predicted octanol–water partition coefficient (Wildman–Crippen LogP) is 2.70. The molecule has 0 aromatic carbocycles. The number of hydrogen-bond donors (Lipinski definition) is 0. The number of carbonyl (C=O) groups excluding carboxylic acids is 2. The Balaban J connectivity index is 2.05. The minimum Gasteiger partial charge on any atom is -0.464 e. The van der Waals surface area contributed by atoms with Crippen molar-refractivity contribution in [3.8, 4) is 0 Å². The number of pyridine rings is 1. The molecular formula is C18H27N3O4. The van der Waals surface area contributed by atoms with E-state index in [1.807, 2.05) is 26.8 Å². The third kappa shape index (κ3) is 4.84. The first-order valence-electron chi connectivity index (χ1n) is 8.54. The van der Waals surface area contributed by atoms with Crippen molar-refractivity contribution in [3.63, 3.8) is 0 Å². The summed E-state index contributed by atoms with van der Waals surface area (Å²) in [6, 6.07) is 3.58. The van der Waals surface area contributed by atoms with Gasteiger partial charge in [-0.05, 0) is 39.3 Å². The zero-order valence-corrected chi connectivity index (χ0v) is 15.6. The molecule has 138 valence electrons. The summed E-state index contributed by atoms with van der Waals surface area (Å²) < 4.78 is 10.2. The van der Waals surface area contributed by atoms with E-state index in [9.17, 15) is 9.59 Å². The van der Waals surface area contributed by atoms with E-state index in [1.165, 1.54) is 7.11 Å². The van der Waals surface area contributed by atoms with Crippen molar-refractivity contribution >= 4 is 17.7 Å². The number of anilines is 1. The van der Waals surface area contributed by atoms with Gasteiger partial charge in [-0.3, -0.25) is 0 Å². The first-order valence-corrected chi connectivity index (χ1v) is 8.54. The van der Waals surface area contributed by atoms with E-state index in [0.29, 0.717) is 19.6 Å². The minimum atomic E-state index is -0.500. The Hall–Kier alpha value is -2.31. The Labute approximate surface area is 148 Å². The molecule has 0 N–H and O–H groups in total. The summed E-state index contributed by atoms with van der Waals surface area (Å²) in [6.45, 7) is 9.66. The lowest BCUT2D eigenvalue weighted by atomic mass is 10.1. The predicted molar refractivity (Wildman–Crippen MR) is 94.8 cm³/mol. The molecule has 0 spiro atoms. The molecule has 1 aliphatic heterocycles. The maximum atomic E-state index is 12.4. The highest BCUT2D eigenvalue weighted by Crippen LogP contribution is 2.22. The Kier molecular flexibility index (Phi) is 5.87. The quantitative estimate of drug-likeness (QED) is 0.781. The lowest BCUT2D eigenvalue weighted by Crippen LogP contribution is -2.56. The van der Waals surface area contributed by atoms with E-state index in [1.54, 1.807) is 17.2 Å². The summed E-state index contributed by atoms with van der Waals surface area (Å²) in [4.78, 5) is 32.0. The van der Waals surface area contributed by atoms with Gasteiger partial charge in [0.25, 0.3) is 0 Å². The molecule has 0 aliphatic carbocycles. The van der Waals surface area contributed by atoms with Crippen molar-refractivity contribution in [1.82, 2.24) is 9.88 Å². The van der Waals surface area contributed by atoms with E-state index in [4.69, 9.17) is 4.74 Å². The van der Waals surface area contributed by atoms with Crippen molar-refractivity contribution in [2.45, 2.75) is 45.8 Å². The molecule has 7 heteroatoms. The summed E-state index contributed by atoms with van der Waals surface area (Å²) >= 11 is 0. The Morgan fingerprint density at radius 1 is 1.28 bits per heavy atom. The molecule has 2 heterocycles. The van der Waals surface area contributed by atoms with Crippen molar-refractivity contribution < 1.29 is 19.1 Å². The standard InChI is InChI=1S/C18H27N3O4/c1-6-13-12-20(9-10-21(13)17(23)25-18(2,3)4)14-7-8-15(19-11-14)16(22)24-5/h7-8,11,13H,6,9-10,12H2,1-5H3/t13-/m0/s1. The second-order valence-corrected chi connectivity index (χ2v) is 7.08. The fourth-order valence-corrected chi connectivity index (χ4v) is 2.80. The third-order valence-corrected chi connectivity index (χ3v) is 4.09. The lowest BCUT2D eigenvalue weighted by Gasteiger charge is -2.42. The van der Waals surface area contributed by atoms with Gasteiger partial charge in [-0.2, -0.15) is 0 Å². The number of nitrogens with zero attached hydrogens (tertiary/aromatic N) is 3. The maximum Gasteiger partial charge on any atom is 0.410 e. The molecule has 1 fully saturated rings. The molecule has 1 aromatic heterocycles. The summed E-state index contributed by atoms with van der Waals surface area (Å²) in [6.07, 6.45) is 2.24. The van der Waals surface area contributed by atoms with Gasteiger partial charge in [-0.25, -0.2) is 14.6 Å². The van der Waals surface area contributed by atoms with Crippen LogP contribution in [0.2, 0.25) is 0 Å². The number of rotatable bonds is 3. The summed E-state index contributed by atoms with van der Waals surface area (Å²) in [5, 5.41) is 0. The van der Waals surface area contributed by atoms with Crippen LogP contribution in [0.15, 0.2) is 18.3 Å².